The molecular weight excluding hydrogens is 393 g/mol. The van der Waals surface area contributed by atoms with E-state index in [-0.39, 0.29) is 22.8 Å². The molecule has 1 heterocycles. The number of aromatic nitrogens is 1. The number of allylic oxidation sites excluding steroid dienone is 1. The predicted molar refractivity (Wildman–Crippen MR) is 110 cm³/mol. The monoisotopic (exact) mass is 415 g/mol. The molecule has 0 amide bonds. The van der Waals surface area contributed by atoms with Crippen LogP contribution < -0.4 is 0 Å². The topological polar surface area (TPSA) is 76.4 Å². The first-order chi connectivity index (χ1) is 13.7. The fraction of sp³-hybridized carbons (Fsp3) is 0.227. The summed E-state index contributed by atoms with van der Waals surface area (Å²) < 4.78 is 41.3. The molecule has 0 spiro atoms. The number of sulfone groups is 1. The van der Waals surface area contributed by atoms with Gasteiger partial charge in [-0.1, -0.05) is 31.7 Å². The SMILES string of the molecule is C=C(CC)S(=O)(=O)c1ccccc1Cc1c(C)n(CC(=O)O)c2ccc(F)cc12. The second-order valence-electron chi connectivity index (χ2n) is 6.89. The minimum Gasteiger partial charge on any atom is -0.480 e. The van der Waals surface area contributed by atoms with E-state index in [2.05, 4.69) is 6.58 Å². The first-order valence-corrected chi connectivity index (χ1v) is 10.6. The summed E-state index contributed by atoms with van der Waals surface area (Å²) in [7, 11) is -3.70. The van der Waals surface area contributed by atoms with Gasteiger partial charge in [0, 0.05) is 27.9 Å². The van der Waals surface area contributed by atoms with Crippen molar-refractivity contribution in [1.29, 1.82) is 0 Å². The van der Waals surface area contributed by atoms with Gasteiger partial charge in [-0.3, -0.25) is 4.79 Å². The van der Waals surface area contributed by atoms with Crippen LogP contribution in [-0.4, -0.2) is 24.1 Å². The molecule has 0 aliphatic rings. The van der Waals surface area contributed by atoms with Crippen LogP contribution in [0.1, 0.15) is 30.2 Å². The van der Waals surface area contributed by atoms with Crippen molar-refractivity contribution in [1.82, 2.24) is 4.57 Å². The first-order valence-electron chi connectivity index (χ1n) is 9.16. The van der Waals surface area contributed by atoms with Gasteiger partial charge in [-0.2, -0.15) is 0 Å². The molecule has 7 heteroatoms. The number of fused-ring (bicyclic) bond motifs is 1. The highest BCUT2D eigenvalue weighted by Gasteiger charge is 2.23. The highest BCUT2D eigenvalue weighted by Crippen LogP contribution is 2.32. The van der Waals surface area contributed by atoms with Crippen LogP contribution in [0.25, 0.3) is 10.9 Å². The van der Waals surface area contributed by atoms with Gasteiger partial charge in [-0.15, -0.1) is 0 Å². The maximum Gasteiger partial charge on any atom is 0.323 e. The van der Waals surface area contributed by atoms with Gasteiger partial charge >= 0.3 is 5.97 Å². The van der Waals surface area contributed by atoms with Gasteiger partial charge in [-0.05, 0) is 48.7 Å². The van der Waals surface area contributed by atoms with Crippen LogP contribution in [0.5, 0.6) is 0 Å². The number of hydrogen-bond donors (Lipinski definition) is 1. The average molecular weight is 415 g/mol. The fourth-order valence-corrected chi connectivity index (χ4v) is 4.97. The van der Waals surface area contributed by atoms with E-state index in [9.17, 15) is 22.7 Å². The minimum atomic E-state index is -3.70. The first kappa shape index (κ1) is 20.8. The Morgan fingerprint density at radius 3 is 2.55 bits per heavy atom. The number of rotatable bonds is 7. The molecule has 0 saturated heterocycles. The molecule has 3 rings (SSSR count). The zero-order chi connectivity index (χ0) is 21.3. The molecule has 1 aromatic heterocycles. The minimum absolute atomic E-state index is 0.126. The zero-order valence-electron chi connectivity index (χ0n) is 16.3. The molecule has 29 heavy (non-hydrogen) atoms. The van der Waals surface area contributed by atoms with Crippen molar-refractivity contribution >= 4 is 26.7 Å². The molecule has 0 fully saturated rings. The van der Waals surface area contributed by atoms with Gasteiger partial charge in [0.2, 0.25) is 9.84 Å². The highest BCUT2D eigenvalue weighted by atomic mass is 32.2. The van der Waals surface area contributed by atoms with Crippen molar-refractivity contribution in [2.45, 2.75) is 38.1 Å². The van der Waals surface area contributed by atoms with Crippen LogP contribution in [0.2, 0.25) is 0 Å². The van der Waals surface area contributed by atoms with Crippen molar-refractivity contribution in [2.24, 2.45) is 0 Å². The number of carboxylic acids is 1. The number of hydrogen-bond acceptors (Lipinski definition) is 3. The Hall–Kier alpha value is -2.93. The lowest BCUT2D eigenvalue weighted by Crippen LogP contribution is -2.10. The number of aliphatic carboxylic acids is 1. The van der Waals surface area contributed by atoms with E-state index in [4.69, 9.17) is 0 Å². The van der Waals surface area contributed by atoms with Crippen molar-refractivity contribution in [3.8, 4) is 0 Å². The Morgan fingerprint density at radius 1 is 1.21 bits per heavy atom. The lowest BCUT2D eigenvalue weighted by molar-refractivity contribution is -0.137. The molecule has 0 aliphatic carbocycles. The summed E-state index contributed by atoms with van der Waals surface area (Å²) in [4.78, 5) is 11.6. The molecular formula is C22H22FNO4S. The average Bonchev–Trinajstić information content (AvgIpc) is 2.92. The summed E-state index contributed by atoms with van der Waals surface area (Å²) >= 11 is 0. The summed E-state index contributed by atoms with van der Waals surface area (Å²) in [6.07, 6.45) is 0.531. The van der Waals surface area contributed by atoms with E-state index < -0.39 is 21.6 Å². The highest BCUT2D eigenvalue weighted by molar-refractivity contribution is 7.95. The molecule has 0 atom stereocenters. The smallest absolute Gasteiger partial charge is 0.323 e. The Kier molecular flexibility index (Phi) is 5.61. The Bertz CT molecular complexity index is 1230. The van der Waals surface area contributed by atoms with E-state index in [1.165, 1.54) is 18.2 Å². The molecule has 0 saturated carbocycles. The van der Waals surface area contributed by atoms with Crippen molar-refractivity contribution in [3.05, 3.63) is 76.6 Å². The van der Waals surface area contributed by atoms with Gasteiger partial charge in [0.05, 0.1) is 4.90 Å². The van der Waals surface area contributed by atoms with Crippen LogP contribution in [0, 0.1) is 12.7 Å². The quantitative estimate of drug-likeness (QED) is 0.618. The summed E-state index contributed by atoms with van der Waals surface area (Å²) in [5, 5.41) is 9.83. The molecule has 0 bridgehead atoms. The maximum atomic E-state index is 13.9. The van der Waals surface area contributed by atoms with E-state index in [1.54, 1.807) is 42.7 Å². The molecule has 2 aromatic carbocycles. The number of nitrogens with zero attached hydrogens (tertiary/aromatic N) is 1. The Labute approximate surface area is 169 Å². The zero-order valence-corrected chi connectivity index (χ0v) is 17.1. The van der Waals surface area contributed by atoms with Crippen molar-refractivity contribution in [3.63, 3.8) is 0 Å². The Morgan fingerprint density at radius 2 is 1.90 bits per heavy atom. The largest absolute Gasteiger partial charge is 0.480 e. The third-order valence-electron chi connectivity index (χ3n) is 5.11. The van der Waals surface area contributed by atoms with Crippen molar-refractivity contribution in [2.75, 3.05) is 0 Å². The summed E-state index contributed by atoms with van der Waals surface area (Å²) in [6.45, 7) is 6.91. The van der Waals surface area contributed by atoms with Gasteiger partial charge < -0.3 is 9.67 Å². The number of carboxylic acid groups (broad SMARTS) is 1. The van der Waals surface area contributed by atoms with Gasteiger partial charge in [0.25, 0.3) is 0 Å². The molecule has 0 unspecified atom stereocenters. The third-order valence-corrected chi connectivity index (χ3v) is 7.14. The fourth-order valence-electron chi connectivity index (χ4n) is 3.53. The van der Waals surface area contributed by atoms with Crippen LogP contribution in [0.15, 0.2) is 58.8 Å². The normalized spacial score (nSPS) is 11.7. The van der Waals surface area contributed by atoms with E-state index in [0.717, 1.165) is 0 Å². The van der Waals surface area contributed by atoms with Crippen molar-refractivity contribution < 1.29 is 22.7 Å². The summed E-state index contributed by atoms with van der Waals surface area (Å²) in [5.74, 6) is -1.45. The lowest BCUT2D eigenvalue weighted by Gasteiger charge is -2.12. The van der Waals surface area contributed by atoms with Crippen LogP contribution in [-0.2, 0) is 27.6 Å². The number of halogens is 1. The second kappa shape index (κ2) is 7.83. The number of benzene rings is 2. The predicted octanol–water partition coefficient (Wildman–Crippen LogP) is 4.46. The molecule has 152 valence electrons. The maximum absolute atomic E-state index is 13.9. The Balaban J connectivity index is 2.20. The van der Waals surface area contributed by atoms with E-state index in [0.29, 0.717) is 34.1 Å². The summed E-state index contributed by atoms with van der Waals surface area (Å²) in [6, 6.07) is 10.8. The van der Waals surface area contributed by atoms with Crippen LogP contribution in [0.3, 0.4) is 0 Å². The van der Waals surface area contributed by atoms with Gasteiger partial charge in [0.1, 0.15) is 12.4 Å². The molecule has 5 nitrogen and oxygen atoms in total. The molecule has 0 radical (unpaired) electrons. The molecule has 0 aliphatic heterocycles. The number of carbonyl (C=O) groups is 1. The molecule has 1 N–H and O–H groups in total. The third kappa shape index (κ3) is 3.82. The second-order valence-corrected chi connectivity index (χ2v) is 8.91. The van der Waals surface area contributed by atoms with E-state index in [1.807, 2.05) is 0 Å². The molecule has 3 aromatic rings. The van der Waals surface area contributed by atoms with Gasteiger partial charge in [-0.25, -0.2) is 12.8 Å². The van der Waals surface area contributed by atoms with Crippen LogP contribution in [0.4, 0.5) is 4.39 Å². The summed E-state index contributed by atoms with van der Waals surface area (Å²) in [5.41, 5.74) is 2.52. The van der Waals surface area contributed by atoms with E-state index >= 15 is 0 Å². The standard InChI is InChI=1S/C22H22FNO4S/c1-4-14(2)29(27,28)21-8-6-5-7-16(21)11-18-15(3)24(13-22(25)26)20-10-9-17(23)12-19(18)20/h5-10,12H,2,4,11,13H2,1,3H3,(H,25,26). The van der Waals surface area contributed by atoms with Gasteiger partial charge in [0.15, 0.2) is 0 Å². The lowest BCUT2D eigenvalue weighted by atomic mass is 10.0. The van der Waals surface area contributed by atoms with Crippen LogP contribution >= 0.6 is 0 Å².